The van der Waals surface area contributed by atoms with Gasteiger partial charge in [0.05, 0.1) is 6.54 Å². The molecule has 0 bridgehead atoms. The number of piperidine rings is 1. The normalized spacial score (nSPS) is 14.8. The van der Waals surface area contributed by atoms with Crippen molar-refractivity contribution in [2.24, 2.45) is 4.99 Å². The third-order valence-corrected chi connectivity index (χ3v) is 5.38. The number of benzene rings is 2. The minimum atomic E-state index is -0.0611. The number of hydrogen-bond donors (Lipinski definition) is 3. The molecule has 1 aliphatic heterocycles. The number of rotatable bonds is 9. The van der Waals surface area contributed by atoms with Crippen LogP contribution in [0.2, 0.25) is 0 Å². The Balaban J connectivity index is 1.42. The Morgan fingerprint density at radius 2 is 1.55 bits per heavy atom. The molecule has 6 nitrogen and oxygen atoms in total. The summed E-state index contributed by atoms with van der Waals surface area (Å²) in [6.45, 7) is 8.08. The van der Waals surface area contributed by atoms with Crippen LogP contribution in [0.4, 0.5) is 0 Å². The molecule has 2 aromatic carbocycles. The lowest BCUT2D eigenvalue weighted by molar-refractivity contribution is 0.0954. The zero-order valence-corrected chi connectivity index (χ0v) is 18.6. The molecule has 1 fully saturated rings. The Morgan fingerprint density at radius 3 is 2.26 bits per heavy atom. The molecule has 0 aliphatic carbocycles. The van der Waals surface area contributed by atoms with Crippen LogP contribution in [-0.4, -0.2) is 49.5 Å². The van der Waals surface area contributed by atoms with Crippen molar-refractivity contribution in [3.63, 3.8) is 0 Å². The summed E-state index contributed by atoms with van der Waals surface area (Å²) >= 11 is 0. The van der Waals surface area contributed by atoms with E-state index in [0.29, 0.717) is 25.2 Å². The lowest BCUT2D eigenvalue weighted by Crippen LogP contribution is -2.41. The first kappa shape index (κ1) is 22.8. The van der Waals surface area contributed by atoms with Crippen LogP contribution in [0.5, 0.6) is 0 Å². The summed E-state index contributed by atoms with van der Waals surface area (Å²) in [5.41, 5.74) is 3.23. The topological polar surface area (TPSA) is 68.8 Å². The first-order chi connectivity index (χ1) is 15.2. The van der Waals surface area contributed by atoms with Crippen LogP contribution in [0.3, 0.4) is 0 Å². The molecule has 3 N–H and O–H groups in total. The van der Waals surface area contributed by atoms with E-state index in [9.17, 15) is 4.79 Å². The van der Waals surface area contributed by atoms with Crippen molar-refractivity contribution in [1.29, 1.82) is 0 Å². The molecule has 0 spiro atoms. The SMILES string of the molecule is CCNC(=NCc1ccc(CN2CCCCC2)cc1)NCCNC(=O)c1ccccc1. The zero-order valence-electron chi connectivity index (χ0n) is 18.6. The van der Waals surface area contributed by atoms with Crippen LogP contribution in [0.15, 0.2) is 59.6 Å². The van der Waals surface area contributed by atoms with E-state index in [1.165, 1.54) is 43.5 Å². The number of amides is 1. The number of hydrogen-bond acceptors (Lipinski definition) is 3. The summed E-state index contributed by atoms with van der Waals surface area (Å²) < 4.78 is 0. The number of nitrogens with one attached hydrogen (secondary N) is 3. The zero-order chi connectivity index (χ0) is 21.7. The second-order valence-corrected chi connectivity index (χ2v) is 7.90. The Kier molecular flexibility index (Phi) is 9.38. The van der Waals surface area contributed by atoms with Gasteiger partial charge in [-0.15, -0.1) is 0 Å². The van der Waals surface area contributed by atoms with Crippen molar-refractivity contribution in [1.82, 2.24) is 20.9 Å². The maximum absolute atomic E-state index is 12.1. The molecule has 1 aliphatic rings. The molecular formula is C25H35N5O. The molecular weight excluding hydrogens is 386 g/mol. The second kappa shape index (κ2) is 12.7. The minimum Gasteiger partial charge on any atom is -0.357 e. The number of carbonyl (C=O) groups excluding carboxylic acids is 1. The van der Waals surface area contributed by atoms with Gasteiger partial charge in [-0.05, 0) is 56.1 Å². The van der Waals surface area contributed by atoms with E-state index in [2.05, 4.69) is 50.1 Å². The highest BCUT2D eigenvalue weighted by Crippen LogP contribution is 2.14. The van der Waals surface area contributed by atoms with E-state index in [4.69, 9.17) is 0 Å². The van der Waals surface area contributed by atoms with Crippen molar-refractivity contribution < 1.29 is 4.79 Å². The fourth-order valence-corrected chi connectivity index (χ4v) is 3.69. The number of likely N-dealkylation sites (tertiary alicyclic amines) is 1. The van der Waals surface area contributed by atoms with Crippen molar-refractivity contribution in [2.45, 2.75) is 39.3 Å². The molecule has 0 atom stereocenters. The van der Waals surface area contributed by atoms with E-state index in [1.54, 1.807) is 0 Å². The third-order valence-electron chi connectivity index (χ3n) is 5.38. The van der Waals surface area contributed by atoms with E-state index in [0.717, 1.165) is 19.0 Å². The molecule has 2 aromatic rings. The number of carbonyl (C=O) groups is 1. The standard InChI is InChI=1S/C25H35N5O/c1-2-26-25(28-16-15-27-24(31)23-9-5-3-6-10-23)29-19-21-11-13-22(14-12-21)20-30-17-7-4-8-18-30/h3,5-6,9-14H,2,4,7-8,15-20H2,1H3,(H,27,31)(H2,26,28,29). The van der Waals surface area contributed by atoms with E-state index >= 15 is 0 Å². The summed E-state index contributed by atoms with van der Waals surface area (Å²) in [5, 5.41) is 9.46. The van der Waals surface area contributed by atoms with Crippen molar-refractivity contribution in [3.05, 3.63) is 71.3 Å². The van der Waals surface area contributed by atoms with Crippen LogP contribution in [-0.2, 0) is 13.1 Å². The summed E-state index contributed by atoms with van der Waals surface area (Å²) in [6, 6.07) is 18.0. The highest BCUT2D eigenvalue weighted by molar-refractivity contribution is 5.94. The average molecular weight is 422 g/mol. The quantitative estimate of drug-likeness (QED) is 0.331. The lowest BCUT2D eigenvalue weighted by Gasteiger charge is -2.26. The Bertz CT molecular complexity index is 814. The number of nitrogens with zero attached hydrogens (tertiary/aromatic N) is 2. The first-order valence-electron chi connectivity index (χ1n) is 11.4. The molecule has 1 heterocycles. The molecule has 1 amide bonds. The number of guanidine groups is 1. The summed E-state index contributed by atoms with van der Waals surface area (Å²) in [5.74, 6) is 0.697. The maximum atomic E-state index is 12.1. The molecule has 31 heavy (non-hydrogen) atoms. The van der Waals surface area contributed by atoms with Gasteiger partial charge < -0.3 is 16.0 Å². The Hall–Kier alpha value is -2.86. The van der Waals surface area contributed by atoms with Crippen LogP contribution in [0.25, 0.3) is 0 Å². The fourth-order valence-electron chi connectivity index (χ4n) is 3.69. The van der Waals surface area contributed by atoms with Gasteiger partial charge in [-0.1, -0.05) is 48.9 Å². The molecule has 1 saturated heterocycles. The van der Waals surface area contributed by atoms with Gasteiger partial charge in [0.2, 0.25) is 0 Å². The molecule has 0 aromatic heterocycles. The van der Waals surface area contributed by atoms with Crippen LogP contribution in [0, 0.1) is 0 Å². The summed E-state index contributed by atoms with van der Waals surface area (Å²) in [7, 11) is 0. The van der Waals surface area contributed by atoms with Gasteiger partial charge in [-0.3, -0.25) is 9.69 Å². The monoisotopic (exact) mass is 421 g/mol. The molecule has 166 valence electrons. The van der Waals surface area contributed by atoms with E-state index in [1.807, 2.05) is 37.3 Å². The Labute approximate surface area is 186 Å². The lowest BCUT2D eigenvalue weighted by atomic mass is 10.1. The first-order valence-corrected chi connectivity index (χ1v) is 11.4. The molecule has 0 unspecified atom stereocenters. The summed E-state index contributed by atoms with van der Waals surface area (Å²) in [6.07, 6.45) is 4.01. The van der Waals surface area contributed by atoms with Crippen molar-refractivity contribution in [3.8, 4) is 0 Å². The predicted molar refractivity (Wildman–Crippen MR) is 127 cm³/mol. The highest BCUT2D eigenvalue weighted by Gasteiger charge is 2.10. The van der Waals surface area contributed by atoms with E-state index in [-0.39, 0.29) is 5.91 Å². The van der Waals surface area contributed by atoms with Gasteiger partial charge in [0.25, 0.3) is 5.91 Å². The fraction of sp³-hybridized carbons (Fsp3) is 0.440. The second-order valence-electron chi connectivity index (χ2n) is 7.90. The highest BCUT2D eigenvalue weighted by atomic mass is 16.1. The van der Waals surface area contributed by atoms with Gasteiger partial charge in [0.1, 0.15) is 0 Å². The number of aliphatic imine (C=N–C) groups is 1. The largest absolute Gasteiger partial charge is 0.357 e. The van der Waals surface area contributed by atoms with Crippen LogP contribution >= 0.6 is 0 Å². The van der Waals surface area contributed by atoms with Crippen LogP contribution in [0.1, 0.15) is 47.7 Å². The van der Waals surface area contributed by atoms with Crippen LogP contribution < -0.4 is 16.0 Å². The van der Waals surface area contributed by atoms with Crippen molar-refractivity contribution >= 4 is 11.9 Å². The van der Waals surface area contributed by atoms with Crippen molar-refractivity contribution in [2.75, 3.05) is 32.7 Å². The smallest absolute Gasteiger partial charge is 0.251 e. The molecule has 3 rings (SSSR count). The Morgan fingerprint density at radius 1 is 0.871 bits per heavy atom. The van der Waals surface area contributed by atoms with Gasteiger partial charge in [0.15, 0.2) is 5.96 Å². The molecule has 0 saturated carbocycles. The molecule has 6 heteroatoms. The average Bonchev–Trinajstić information content (AvgIpc) is 2.82. The third kappa shape index (κ3) is 8.06. The van der Waals surface area contributed by atoms with E-state index < -0.39 is 0 Å². The summed E-state index contributed by atoms with van der Waals surface area (Å²) in [4.78, 5) is 19.3. The van der Waals surface area contributed by atoms with Gasteiger partial charge in [-0.2, -0.15) is 0 Å². The minimum absolute atomic E-state index is 0.0611. The maximum Gasteiger partial charge on any atom is 0.251 e. The van der Waals surface area contributed by atoms with Gasteiger partial charge in [-0.25, -0.2) is 4.99 Å². The predicted octanol–water partition coefficient (Wildman–Crippen LogP) is 3.16. The molecule has 0 radical (unpaired) electrons. The van der Waals surface area contributed by atoms with Gasteiger partial charge >= 0.3 is 0 Å². The van der Waals surface area contributed by atoms with Gasteiger partial charge in [0, 0.05) is 31.7 Å².